The van der Waals surface area contributed by atoms with Crippen LogP contribution in [0.5, 0.6) is 0 Å². The van der Waals surface area contributed by atoms with Gasteiger partial charge in [-0.2, -0.15) is 0 Å². The van der Waals surface area contributed by atoms with Crippen LogP contribution in [0.15, 0.2) is 0 Å². The summed E-state index contributed by atoms with van der Waals surface area (Å²) in [7, 11) is 0. The van der Waals surface area contributed by atoms with Crippen LogP contribution < -0.4 is 0 Å². The highest BCUT2D eigenvalue weighted by Crippen LogP contribution is 2.59. The van der Waals surface area contributed by atoms with E-state index in [0.717, 1.165) is 11.8 Å². The van der Waals surface area contributed by atoms with Crippen molar-refractivity contribution >= 4 is 0 Å². The van der Waals surface area contributed by atoms with Crippen LogP contribution in [-0.4, -0.2) is 0 Å². The second-order valence-corrected chi connectivity index (χ2v) is 8.22. The minimum Gasteiger partial charge on any atom is -0.0625 e. The van der Waals surface area contributed by atoms with Crippen LogP contribution in [0.4, 0.5) is 0 Å². The van der Waals surface area contributed by atoms with Gasteiger partial charge in [-0.3, -0.25) is 0 Å². The Bertz CT molecular complexity index is 210. The lowest BCUT2D eigenvalue weighted by Gasteiger charge is -2.57. The third-order valence-electron chi connectivity index (χ3n) is 4.22. The number of rotatable bonds is 1. The topological polar surface area (TPSA) is 0 Å². The van der Waals surface area contributed by atoms with Crippen molar-refractivity contribution < 1.29 is 0 Å². The van der Waals surface area contributed by atoms with E-state index in [4.69, 9.17) is 0 Å². The van der Waals surface area contributed by atoms with E-state index in [2.05, 4.69) is 55.4 Å². The molecule has 0 nitrogen and oxygen atoms in total. The first-order valence-electron chi connectivity index (χ1n) is 6.48. The summed E-state index contributed by atoms with van der Waals surface area (Å²) in [6.07, 6.45) is 2.73. The molecule has 1 aliphatic rings. The highest BCUT2D eigenvalue weighted by atomic mass is 14.6. The van der Waals surface area contributed by atoms with Gasteiger partial charge in [0, 0.05) is 0 Å². The third kappa shape index (κ3) is 2.57. The molecule has 0 radical (unpaired) electrons. The average Bonchev–Trinajstić information content (AvgIpc) is 1.71. The fraction of sp³-hybridized carbons (Fsp3) is 1.00. The van der Waals surface area contributed by atoms with Crippen molar-refractivity contribution in [1.29, 1.82) is 0 Å². The van der Waals surface area contributed by atoms with Gasteiger partial charge < -0.3 is 0 Å². The molecule has 0 atom stereocenters. The highest BCUT2D eigenvalue weighted by Gasteiger charge is 2.50. The molecule has 1 fully saturated rings. The Morgan fingerprint density at radius 3 is 1.40 bits per heavy atom. The molecule has 0 unspecified atom stereocenters. The first-order valence-corrected chi connectivity index (χ1v) is 6.48. The summed E-state index contributed by atoms with van der Waals surface area (Å²) in [5, 5.41) is 0. The third-order valence-corrected chi connectivity index (χ3v) is 4.22. The van der Waals surface area contributed by atoms with E-state index in [1.165, 1.54) is 12.8 Å². The van der Waals surface area contributed by atoms with E-state index < -0.39 is 0 Å². The lowest BCUT2D eigenvalue weighted by atomic mass is 9.48. The van der Waals surface area contributed by atoms with Gasteiger partial charge in [0.1, 0.15) is 0 Å². The molecule has 0 bridgehead atoms. The van der Waals surface area contributed by atoms with Crippen LogP contribution in [0.25, 0.3) is 0 Å². The molecule has 1 aliphatic carbocycles. The standard InChI is InChI=1S/C15H30/c1-11(2)12-14(5,6)9-13(3,4)10-15(12,7)8/h11-12H,9-10H2,1-8H3. The molecule has 0 aromatic carbocycles. The van der Waals surface area contributed by atoms with Crippen molar-refractivity contribution in [2.24, 2.45) is 28.1 Å². The van der Waals surface area contributed by atoms with Crippen LogP contribution in [0.2, 0.25) is 0 Å². The van der Waals surface area contributed by atoms with Crippen LogP contribution in [0.1, 0.15) is 68.2 Å². The Labute approximate surface area is 96.8 Å². The minimum atomic E-state index is 0.486. The lowest BCUT2D eigenvalue weighted by molar-refractivity contribution is -0.0751. The first-order chi connectivity index (χ1) is 6.48. The molecule has 15 heavy (non-hydrogen) atoms. The molecule has 0 saturated heterocycles. The molecule has 0 aromatic heterocycles. The SMILES string of the molecule is CC(C)C1C(C)(C)CC(C)(C)CC1(C)C. The van der Waals surface area contributed by atoms with E-state index in [0.29, 0.717) is 16.2 Å². The van der Waals surface area contributed by atoms with Crippen molar-refractivity contribution in [3.63, 3.8) is 0 Å². The Kier molecular flexibility index (Phi) is 3.05. The Hall–Kier alpha value is 0. The maximum Gasteiger partial charge on any atom is -0.0288 e. The molecule has 0 aliphatic heterocycles. The lowest BCUT2D eigenvalue weighted by Crippen LogP contribution is -2.49. The van der Waals surface area contributed by atoms with Crippen LogP contribution in [-0.2, 0) is 0 Å². The molecule has 1 saturated carbocycles. The maximum absolute atomic E-state index is 2.47. The largest absolute Gasteiger partial charge is 0.0625 e. The zero-order valence-corrected chi connectivity index (χ0v) is 12.1. The van der Waals surface area contributed by atoms with Gasteiger partial charge in [0.25, 0.3) is 0 Å². The molecule has 1 rings (SSSR count). The van der Waals surface area contributed by atoms with Gasteiger partial charge in [0.2, 0.25) is 0 Å². The minimum absolute atomic E-state index is 0.486. The van der Waals surface area contributed by atoms with Gasteiger partial charge >= 0.3 is 0 Å². The Balaban J connectivity index is 3.07. The molecule has 0 amide bonds. The van der Waals surface area contributed by atoms with Gasteiger partial charge in [0.15, 0.2) is 0 Å². The van der Waals surface area contributed by atoms with E-state index in [1.807, 2.05) is 0 Å². The van der Waals surface area contributed by atoms with Crippen LogP contribution >= 0.6 is 0 Å². The van der Waals surface area contributed by atoms with Crippen molar-refractivity contribution in [1.82, 2.24) is 0 Å². The van der Waals surface area contributed by atoms with Crippen LogP contribution in [0, 0.1) is 28.1 Å². The summed E-state index contributed by atoms with van der Waals surface area (Å²) in [5.41, 5.74) is 1.48. The average molecular weight is 210 g/mol. The van der Waals surface area contributed by atoms with Crippen molar-refractivity contribution in [3.05, 3.63) is 0 Å². The quantitative estimate of drug-likeness (QED) is 0.563. The van der Waals surface area contributed by atoms with Crippen molar-refractivity contribution in [2.75, 3.05) is 0 Å². The van der Waals surface area contributed by atoms with E-state index >= 15 is 0 Å². The second kappa shape index (κ2) is 3.50. The fourth-order valence-electron chi connectivity index (χ4n) is 5.61. The van der Waals surface area contributed by atoms with E-state index in [9.17, 15) is 0 Å². The molecule has 0 heterocycles. The van der Waals surface area contributed by atoms with Crippen LogP contribution in [0.3, 0.4) is 0 Å². The maximum atomic E-state index is 2.47. The summed E-state index contributed by atoms with van der Waals surface area (Å²) in [6.45, 7) is 19.6. The summed E-state index contributed by atoms with van der Waals surface area (Å²) >= 11 is 0. The number of hydrogen-bond acceptors (Lipinski definition) is 0. The van der Waals surface area contributed by atoms with Gasteiger partial charge in [-0.15, -0.1) is 0 Å². The Morgan fingerprint density at radius 1 is 0.800 bits per heavy atom. The summed E-state index contributed by atoms with van der Waals surface area (Å²) in [5.74, 6) is 1.64. The summed E-state index contributed by atoms with van der Waals surface area (Å²) in [6, 6.07) is 0. The molecule has 90 valence electrons. The molecule has 0 aromatic rings. The van der Waals surface area contributed by atoms with Gasteiger partial charge in [-0.05, 0) is 40.9 Å². The second-order valence-electron chi connectivity index (χ2n) is 8.22. The Morgan fingerprint density at radius 2 is 1.13 bits per heavy atom. The van der Waals surface area contributed by atoms with Crippen molar-refractivity contribution in [3.8, 4) is 0 Å². The zero-order valence-electron chi connectivity index (χ0n) is 12.1. The van der Waals surface area contributed by atoms with Gasteiger partial charge in [-0.25, -0.2) is 0 Å². The normalized spacial score (nSPS) is 29.4. The van der Waals surface area contributed by atoms with Crippen molar-refractivity contribution in [2.45, 2.75) is 68.2 Å². The van der Waals surface area contributed by atoms with Gasteiger partial charge in [-0.1, -0.05) is 55.4 Å². The predicted molar refractivity (Wildman–Crippen MR) is 68.9 cm³/mol. The smallest absolute Gasteiger partial charge is 0.0288 e. The predicted octanol–water partition coefficient (Wildman–Crippen LogP) is 5.13. The highest BCUT2D eigenvalue weighted by molar-refractivity contribution is 5.00. The molecule has 0 N–H and O–H groups in total. The van der Waals surface area contributed by atoms with E-state index in [1.54, 1.807) is 0 Å². The summed E-state index contributed by atoms with van der Waals surface area (Å²) < 4.78 is 0. The molecule has 0 spiro atoms. The molecular formula is C15H30. The monoisotopic (exact) mass is 210 g/mol. The van der Waals surface area contributed by atoms with Gasteiger partial charge in [0.05, 0.1) is 0 Å². The molecular weight excluding hydrogens is 180 g/mol. The van der Waals surface area contributed by atoms with E-state index in [-0.39, 0.29) is 0 Å². The summed E-state index contributed by atoms with van der Waals surface area (Å²) in [4.78, 5) is 0. The zero-order chi connectivity index (χ0) is 12.1. The molecule has 0 heteroatoms. The number of hydrogen-bond donors (Lipinski definition) is 0. The fourth-order valence-corrected chi connectivity index (χ4v) is 5.61. The first kappa shape index (κ1) is 13.1.